The zero-order valence-corrected chi connectivity index (χ0v) is 37.8. The van der Waals surface area contributed by atoms with Crippen LogP contribution in [0.5, 0.6) is 0 Å². The van der Waals surface area contributed by atoms with Crippen LogP contribution in [0.1, 0.15) is 91.2 Å². The van der Waals surface area contributed by atoms with Gasteiger partial charge in [0.25, 0.3) is 0 Å². The van der Waals surface area contributed by atoms with Gasteiger partial charge in [0.05, 0.1) is 26.0 Å². The molecule has 3 heterocycles. The molecule has 0 aromatic carbocycles. The fraction of sp³-hybridized carbons (Fsp3) is 0.727. The molecule has 1 fully saturated rings. The Morgan fingerprint density at radius 1 is 0.952 bits per heavy atom. The third-order valence-corrected chi connectivity index (χ3v) is 13.1. The van der Waals surface area contributed by atoms with Gasteiger partial charge in [-0.15, -0.1) is 0 Å². The molecule has 0 bridgehead atoms. The van der Waals surface area contributed by atoms with Gasteiger partial charge in [-0.3, -0.25) is 37.3 Å². The number of amides is 2. The van der Waals surface area contributed by atoms with Crippen molar-refractivity contribution in [3.05, 3.63) is 12.7 Å². The van der Waals surface area contributed by atoms with E-state index in [-0.39, 0.29) is 59.6 Å². The number of phosphoric ester groups is 3. The highest BCUT2D eigenvalue weighted by atomic mass is 32.2. The number of fused-ring (bicyclic) bond motifs is 1. The van der Waals surface area contributed by atoms with Crippen molar-refractivity contribution in [1.82, 2.24) is 30.2 Å². The Bertz CT molecular complexity index is 1970. The van der Waals surface area contributed by atoms with E-state index in [1.165, 1.54) is 33.1 Å². The Hall–Kier alpha value is -2.77. The van der Waals surface area contributed by atoms with Crippen molar-refractivity contribution in [3.8, 4) is 0 Å². The van der Waals surface area contributed by atoms with Crippen LogP contribution in [0.3, 0.4) is 0 Å². The van der Waals surface area contributed by atoms with Crippen LogP contribution < -0.4 is 16.4 Å². The number of thioether (sulfide) groups is 1. The summed E-state index contributed by atoms with van der Waals surface area (Å²) in [7, 11) is -16.4. The van der Waals surface area contributed by atoms with Gasteiger partial charge in [-0.25, -0.2) is 28.6 Å². The van der Waals surface area contributed by atoms with Gasteiger partial charge < -0.3 is 50.9 Å². The van der Waals surface area contributed by atoms with Crippen molar-refractivity contribution in [1.29, 1.82) is 0 Å². The molecule has 0 radical (unpaired) electrons. The lowest BCUT2D eigenvalue weighted by atomic mass is 9.87. The van der Waals surface area contributed by atoms with Crippen LogP contribution in [0.15, 0.2) is 12.7 Å². The maximum Gasteiger partial charge on any atom is 0.481 e. The highest BCUT2D eigenvalue weighted by Gasteiger charge is 2.50. The third-order valence-electron chi connectivity index (χ3n) is 9.17. The molecule has 0 aliphatic carbocycles. The smallest absolute Gasteiger partial charge is 0.386 e. The number of ether oxygens (including phenoxy) is 1. The Kier molecular flexibility index (Phi) is 21.2. The largest absolute Gasteiger partial charge is 0.481 e. The second-order valence-electron chi connectivity index (χ2n) is 14.9. The zero-order valence-electron chi connectivity index (χ0n) is 34.3. The number of nitrogens with one attached hydrogen (secondary N) is 2. The number of nitrogen functional groups attached to an aromatic ring is 1. The monoisotopic (exact) mass is 963 g/mol. The minimum absolute atomic E-state index is 0.0257. The number of aromatic nitrogens is 4. The van der Waals surface area contributed by atoms with Crippen molar-refractivity contribution >= 4 is 74.9 Å². The van der Waals surface area contributed by atoms with Gasteiger partial charge in [-0.05, 0) is 6.42 Å². The van der Waals surface area contributed by atoms with Gasteiger partial charge in [-0.1, -0.05) is 71.1 Å². The third kappa shape index (κ3) is 18.0. The van der Waals surface area contributed by atoms with Crippen LogP contribution in [0.2, 0.25) is 0 Å². The van der Waals surface area contributed by atoms with Crippen LogP contribution in [0.4, 0.5) is 5.82 Å². The lowest BCUT2D eigenvalue weighted by Gasteiger charge is -2.30. The summed E-state index contributed by atoms with van der Waals surface area (Å²) >= 11 is 0.931. The fourth-order valence-corrected chi connectivity index (χ4v) is 9.40. The number of aliphatic hydroxyl groups is 2. The zero-order chi connectivity index (χ0) is 46.3. The number of carbonyl (C=O) groups is 4. The van der Waals surface area contributed by atoms with Gasteiger partial charge >= 0.3 is 23.5 Å². The summed E-state index contributed by atoms with van der Waals surface area (Å²) in [6.07, 6.45) is 0.649. The number of nitrogens with two attached hydrogens (primary N) is 1. The predicted octanol–water partition coefficient (Wildman–Crippen LogP) is 1.76. The van der Waals surface area contributed by atoms with Gasteiger partial charge in [-0.2, -0.15) is 4.31 Å². The van der Waals surface area contributed by atoms with Gasteiger partial charge in [0.2, 0.25) is 11.8 Å². The van der Waals surface area contributed by atoms with Crippen LogP contribution in [-0.4, -0.2) is 128 Å². The maximum absolute atomic E-state index is 12.7. The summed E-state index contributed by atoms with van der Waals surface area (Å²) < 4.78 is 62.2. The van der Waals surface area contributed by atoms with E-state index >= 15 is 0 Å². The first-order valence-electron chi connectivity index (χ1n) is 19.5. The molecule has 1 aliphatic heterocycles. The van der Waals surface area contributed by atoms with Crippen molar-refractivity contribution in [2.24, 2.45) is 5.41 Å². The number of carbonyl (C=O) groups excluding carboxylic acids is 4. The van der Waals surface area contributed by atoms with E-state index in [0.29, 0.717) is 6.42 Å². The topological polar surface area (TPSA) is 381 Å². The first kappa shape index (κ1) is 53.6. The van der Waals surface area contributed by atoms with Crippen molar-refractivity contribution in [2.45, 2.75) is 116 Å². The number of hydrogen-bond acceptors (Lipinski definition) is 19. The Balaban J connectivity index is 1.39. The number of anilines is 1. The maximum atomic E-state index is 12.7. The van der Waals surface area contributed by atoms with E-state index < -0.39 is 84.6 Å². The number of aliphatic hydroxyl groups excluding tert-OH is 2. The summed E-state index contributed by atoms with van der Waals surface area (Å²) in [5.41, 5.74) is 4.24. The van der Waals surface area contributed by atoms with Crippen molar-refractivity contribution in [3.63, 3.8) is 0 Å². The highest BCUT2D eigenvalue weighted by Crippen LogP contribution is 2.61. The Labute approximate surface area is 361 Å². The quantitative estimate of drug-likeness (QED) is 0.0318. The second kappa shape index (κ2) is 24.5. The summed E-state index contributed by atoms with van der Waals surface area (Å²) in [4.78, 5) is 100. The van der Waals surface area contributed by atoms with E-state index in [1.54, 1.807) is 0 Å². The number of unbranched alkanes of at least 4 members (excludes halogenated alkanes) is 6. The van der Waals surface area contributed by atoms with E-state index in [9.17, 15) is 62.7 Å². The van der Waals surface area contributed by atoms with Crippen molar-refractivity contribution in [2.75, 3.05) is 37.8 Å². The van der Waals surface area contributed by atoms with E-state index in [1.807, 2.05) is 0 Å². The van der Waals surface area contributed by atoms with E-state index in [2.05, 4.69) is 41.3 Å². The van der Waals surface area contributed by atoms with Gasteiger partial charge in [0, 0.05) is 37.1 Å². The molecule has 1 saturated heterocycles. The summed E-state index contributed by atoms with van der Waals surface area (Å²) in [6.45, 7) is 2.48. The summed E-state index contributed by atoms with van der Waals surface area (Å²) in [6, 6.07) is 0. The van der Waals surface area contributed by atoms with Crippen molar-refractivity contribution < 1.29 is 85.3 Å². The molecule has 2 amide bonds. The molecular formula is C33H56N7O18P3S. The molecule has 29 heteroatoms. The molecule has 0 spiro atoms. The first-order chi connectivity index (χ1) is 28.9. The van der Waals surface area contributed by atoms with E-state index in [0.717, 1.165) is 54.7 Å². The average molecular weight is 964 g/mol. The van der Waals surface area contributed by atoms with E-state index in [4.69, 9.17) is 19.5 Å². The number of imidazole rings is 1. The van der Waals surface area contributed by atoms with Crippen LogP contribution in [0.25, 0.3) is 11.2 Å². The van der Waals surface area contributed by atoms with Gasteiger partial charge in [0.15, 0.2) is 22.8 Å². The summed E-state index contributed by atoms with van der Waals surface area (Å²) in [5.74, 6) is -1.40. The Morgan fingerprint density at radius 3 is 2.29 bits per heavy atom. The summed E-state index contributed by atoms with van der Waals surface area (Å²) in [5, 5.41) is 26.1. The first-order valence-corrected chi connectivity index (χ1v) is 25.0. The molecule has 352 valence electrons. The number of ketones is 1. The molecule has 25 nitrogen and oxygen atoms in total. The molecule has 62 heavy (non-hydrogen) atoms. The minimum Gasteiger partial charge on any atom is -0.386 e. The lowest BCUT2D eigenvalue weighted by molar-refractivity contribution is -0.137. The predicted molar refractivity (Wildman–Crippen MR) is 219 cm³/mol. The second-order valence-corrected chi connectivity index (χ2v) is 20.3. The normalized spacial score (nSPS) is 20.7. The molecule has 3 rings (SSSR count). The SMILES string of the molecule is CCCCCCCCCC(=O)CC(=O)SCCNC(=O)CCNC(=O)C(O)C(C)(C)COP(=O)(O)OP(=O)(O)OCC1OC(n2cnc3c(N)ncnc32)C(O)C1OP(=O)(O)O. The van der Waals surface area contributed by atoms with Crippen LogP contribution in [-0.2, 0) is 55.5 Å². The number of phosphoric acid groups is 3. The molecule has 10 N–H and O–H groups in total. The standard InChI is InChI=1S/C33H56N7O18P3S/c1-4-5-6-7-8-9-10-11-21(41)16-24(43)62-15-14-35-23(42)12-13-36-31(46)28(45)33(2,3)18-55-61(52,53)58-60(50,51)54-17-22-27(57-59(47,48)49)26(44)32(56-22)40-20-39-25-29(34)37-19-38-30(25)40/h19-20,22,26-28,32,44-45H,4-18H2,1-3H3,(H,35,42)(H,36,46)(H,50,51)(H,52,53)(H2,34,37,38)(H2,47,48,49). The number of hydrogen-bond donors (Lipinski definition) is 9. The molecule has 2 aromatic heterocycles. The molecule has 7 unspecified atom stereocenters. The lowest BCUT2D eigenvalue weighted by Crippen LogP contribution is -2.46. The average Bonchev–Trinajstić information content (AvgIpc) is 3.74. The van der Waals surface area contributed by atoms with Crippen LogP contribution in [0, 0.1) is 5.41 Å². The van der Waals surface area contributed by atoms with Crippen LogP contribution >= 0.6 is 35.2 Å². The minimum atomic E-state index is -5.59. The van der Waals surface area contributed by atoms with Gasteiger partial charge in [0.1, 0.15) is 42.0 Å². The number of rotatable bonds is 29. The molecule has 2 aromatic rings. The number of Topliss-reactive ketones (excluding diaryl/α,β-unsaturated/α-hetero) is 1. The Morgan fingerprint density at radius 2 is 1.61 bits per heavy atom. The fourth-order valence-electron chi connectivity index (χ4n) is 5.87. The highest BCUT2D eigenvalue weighted by molar-refractivity contribution is 8.13. The molecule has 1 aliphatic rings. The number of nitrogens with zero attached hydrogens (tertiary/aromatic N) is 4. The molecule has 7 atom stereocenters. The molecular weight excluding hydrogens is 907 g/mol. The molecule has 0 saturated carbocycles.